The van der Waals surface area contributed by atoms with Crippen molar-refractivity contribution in [3.05, 3.63) is 40.9 Å². The van der Waals surface area contributed by atoms with Crippen LogP contribution in [0.3, 0.4) is 0 Å². The molecule has 3 rings (SSSR count). The van der Waals surface area contributed by atoms with E-state index in [1.807, 2.05) is 31.2 Å². The third-order valence-corrected chi connectivity index (χ3v) is 4.29. The average Bonchev–Trinajstić information content (AvgIpc) is 3.22. The van der Waals surface area contributed by atoms with Gasteiger partial charge in [0.1, 0.15) is 11.6 Å². The number of esters is 1. The van der Waals surface area contributed by atoms with Crippen molar-refractivity contribution in [2.45, 2.75) is 6.92 Å². The fraction of sp³-hybridized carbons (Fsp3) is 0.250. The molecule has 2 amide bonds. The van der Waals surface area contributed by atoms with Crippen molar-refractivity contribution in [3.63, 3.8) is 0 Å². The van der Waals surface area contributed by atoms with Crippen LogP contribution in [0.5, 0.6) is 0 Å². The highest BCUT2D eigenvalue weighted by Crippen LogP contribution is 2.24. The lowest BCUT2D eigenvalue weighted by molar-refractivity contribution is -0.131. The fourth-order valence-corrected chi connectivity index (χ4v) is 2.89. The molecule has 0 spiro atoms. The van der Waals surface area contributed by atoms with Crippen LogP contribution in [0.2, 0.25) is 0 Å². The van der Waals surface area contributed by atoms with E-state index in [0.29, 0.717) is 5.01 Å². The molecule has 1 aromatic heterocycles. The summed E-state index contributed by atoms with van der Waals surface area (Å²) in [5, 5.41) is 2.27. The maximum absolute atomic E-state index is 12.0. The molecule has 1 saturated heterocycles. The van der Waals surface area contributed by atoms with Crippen LogP contribution < -0.4 is 0 Å². The molecule has 8 heteroatoms. The Morgan fingerprint density at radius 3 is 2.75 bits per heavy atom. The van der Waals surface area contributed by atoms with E-state index in [4.69, 9.17) is 4.74 Å². The molecule has 124 valence electrons. The van der Waals surface area contributed by atoms with Crippen LogP contribution in [0.4, 0.5) is 4.79 Å². The standard InChI is InChI=1S/C16H14N2O5S/c1-10-2-4-11(5-3-10)14-17-12(9-24-14)15(20)23-8-13(19)18-6-7-22-16(18)21/h2-5,9H,6-8H2,1H3. The summed E-state index contributed by atoms with van der Waals surface area (Å²) in [5.41, 5.74) is 2.17. The molecule has 1 fully saturated rings. The number of amides is 2. The van der Waals surface area contributed by atoms with Crippen LogP contribution in [0, 0.1) is 6.92 Å². The highest BCUT2D eigenvalue weighted by molar-refractivity contribution is 7.13. The number of nitrogens with zero attached hydrogens (tertiary/aromatic N) is 2. The van der Waals surface area contributed by atoms with E-state index in [-0.39, 0.29) is 18.8 Å². The highest BCUT2D eigenvalue weighted by Gasteiger charge is 2.29. The summed E-state index contributed by atoms with van der Waals surface area (Å²) in [4.78, 5) is 40.1. The molecule has 7 nitrogen and oxygen atoms in total. The first-order valence-corrected chi connectivity index (χ1v) is 8.09. The minimum Gasteiger partial charge on any atom is -0.451 e. The van der Waals surface area contributed by atoms with Gasteiger partial charge in [-0.15, -0.1) is 11.3 Å². The van der Waals surface area contributed by atoms with Crippen molar-refractivity contribution in [3.8, 4) is 10.6 Å². The number of thiazole rings is 1. The van der Waals surface area contributed by atoms with Gasteiger partial charge < -0.3 is 9.47 Å². The first-order valence-electron chi connectivity index (χ1n) is 7.21. The molecule has 2 heterocycles. The fourth-order valence-electron chi connectivity index (χ4n) is 2.10. The number of benzene rings is 1. The predicted molar refractivity (Wildman–Crippen MR) is 85.6 cm³/mol. The molecule has 0 radical (unpaired) electrons. The largest absolute Gasteiger partial charge is 0.451 e. The van der Waals surface area contributed by atoms with E-state index in [0.717, 1.165) is 16.0 Å². The van der Waals surface area contributed by atoms with Gasteiger partial charge in [-0.3, -0.25) is 4.79 Å². The van der Waals surface area contributed by atoms with E-state index in [2.05, 4.69) is 9.72 Å². The van der Waals surface area contributed by atoms with Crippen LogP contribution in [-0.2, 0) is 14.3 Å². The van der Waals surface area contributed by atoms with E-state index >= 15 is 0 Å². The summed E-state index contributed by atoms with van der Waals surface area (Å²) in [6.45, 7) is 1.79. The smallest absolute Gasteiger partial charge is 0.416 e. The van der Waals surface area contributed by atoms with Gasteiger partial charge in [0.05, 0.1) is 6.54 Å². The van der Waals surface area contributed by atoms with Crippen molar-refractivity contribution in [1.82, 2.24) is 9.88 Å². The molecule has 0 saturated carbocycles. The second-order valence-corrected chi connectivity index (χ2v) is 6.00. The van der Waals surface area contributed by atoms with Gasteiger partial charge in [0.2, 0.25) is 0 Å². The van der Waals surface area contributed by atoms with Gasteiger partial charge in [0, 0.05) is 10.9 Å². The summed E-state index contributed by atoms with van der Waals surface area (Å²) in [6.07, 6.45) is -0.716. The second-order valence-electron chi connectivity index (χ2n) is 5.14. The normalized spacial score (nSPS) is 13.7. The topological polar surface area (TPSA) is 85.8 Å². The number of rotatable bonds is 4. The molecular formula is C16H14N2O5S. The Hall–Kier alpha value is -2.74. The molecule has 24 heavy (non-hydrogen) atoms. The number of aryl methyl sites for hydroxylation is 1. The quantitative estimate of drug-likeness (QED) is 0.789. The van der Waals surface area contributed by atoms with Crippen LogP contribution in [0.1, 0.15) is 16.1 Å². The molecule has 0 unspecified atom stereocenters. The molecule has 1 aromatic carbocycles. The zero-order chi connectivity index (χ0) is 17.1. The molecule has 0 N–H and O–H groups in total. The maximum Gasteiger partial charge on any atom is 0.416 e. The third-order valence-electron chi connectivity index (χ3n) is 3.40. The van der Waals surface area contributed by atoms with Crippen molar-refractivity contribution < 1.29 is 23.9 Å². The Kier molecular flexibility index (Phi) is 4.57. The first kappa shape index (κ1) is 16.1. The van der Waals surface area contributed by atoms with E-state index in [9.17, 15) is 14.4 Å². The van der Waals surface area contributed by atoms with E-state index < -0.39 is 24.6 Å². The number of carbonyl (C=O) groups excluding carboxylic acids is 3. The van der Waals surface area contributed by atoms with Crippen LogP contribution in [0.25, 0.3) is 10.6 Å². The van der Waals surface area contributed by atoms with Crippen molar-refractivity contribution in [1.29, 1.82) is 0 Å². The van der Waals surface area contributed by atoms with Crippen molar-refractivity contribution in [2.75, 3.05) is 19.8 Å². The maximum atomic E-state index is 12.0. The summed E-state index contributed by atoms with van der Waals surface area (Å²) >= 11 is 1.32. The first-order chi connectivity index (χ1) is 11.5. The zero-order valence-electron chi connectivity index (χ0n) is 12.9. The zero-order valence-corrected chi connectivity index (χ0v) is 13.7. The number of hydrogen-bond acceptors (Lipinski definition) is 7. The molecule has 2 aromatic rings. The molecule has 1 aliphatic rings. The summed E-state index contributed by atoms with van der Waals surface area (Å²) in [6, 6.07) is 7.77. The molecular weight excluding hydrogens is 332 g/mol. The van der Waals surface area contributed by atoms with Crippen LogP contribution in [-0.4, -0.2) is 47.6 Å². The Labute approximate surface area is 141 Å². The number of carbonyl (C=O) groups is 3. The van der Waals surface area contributed by atoms with Gasteiger partial charge in [0.25, 0.3) is 5.91 Å². The minimum atomic E-state index is -0.716. The van der Waals surface area contributed by atoms with Crippen molar-refractivity contribution >= 4 is 29.3 Å². The Morgan fingerprint density at radius 1 is 1.33 bits per heavy atom. The number of hydrogen-bond donors (Lipinski definition) is 0. The average molecular weight is 346 g/mol. The van der Waals surface area contributed by atoms with Gasteiger partial charge in [-0.2, -0.15) is 0 Å². The predicted octanol–water partition coefficient (Wildman–Crippen LogP) is 2.25. The number of imide groups is 1. The van der Waals surface area contributed by atoms with Crippen LogP contribution in [0.15, 0.2) is 29.6 Å². The lowest BCUT2D eigenvalue weighted by Gasteiger charge is -2.10. The summed E-state index contributed by atoms with van der Waals surface area (Å²) in [5.74, 6) is -1.31. The monoisotopic (exact) mass is 346 g/mol. The number of cyclic esters (lactones) is 1. The van der Waals surface area contributed by atoms with Crippen LogP contribution >= 0.6 is 11.3 Å². The molecule has 0 bridgehead atoms. The third kappa shape index (κ3) is 3.43. The lowest BCUT2D eigenvalue weighted by atomic mass is 10.2. The summed E-state index contributed by atoms with van der Waals surface area (Å²) < 4.78 is 9.58. The van der Waals surface area contributed by atoms with Gasteiger partial charge in [0.15, 0.2) is 12.3 Å². The van der Waals surface area contributed by atoms with Gasteiger partial charge >= 0.3 is 12.1 Å². The van der Waals surface area contributed by atoms with E-state index in [1.54, 1.807) is 5.38 Å². The lowest BCUT2D eigenvalue weighted by Crippen LogP contribution is -2.35. The SMILES string of the molecule is Cc1ccc(-c2nc(C(=O)OCC(=O)N3CCOC3=O)cs2)cc1. The minimum absolute atomic E-state index is 0.132. The van der Waals surface area contributed by atoms with Gasteiger partial charge in [-0.1, -0.05) is 29.8 Å². The Balaban J connectivity index is 1.60. The Bertz CT molecular complexity index is 784. The highest BCUT2D eigenvalue weighted by atomic mass is 32.1. The second kappa shape index (κ2) is 6.79. The molecule has 0 atom stereocenters. The van der Waals surface area contributed by atoms with E-state index in [1.165, 1.54) is 11.3 Å². The van der Waals surface area contributed by atoms with Gasteiger partial charge in [-0.05, 0) is 6.92 Å². The Morgan fingerprint density at radius 2 is 2.08 bits per heavy atom. The van der Waals surface area contributed by atoms with Gasteiger partial charge in [-0.25, -0.2) is 19.5 Å². The summed E-state index contributed by atoms with van der Waals surface area (Å²) in [7, 11) is 0. The molecule has 1 aliphatic heterocycles. The van der Waals surface area contributed by atoms with Crippen molar-refractivity contribution in [2.24, 2.45) is 0 Å². The number of aromatic nitrogens is 1. The number of ether oxygens (including phenoxy) is 2. The molecule has 0 aliphatic carbocycles.